The fourth-order valence-corrected chi connectivity index (χ4v) is 4.66. The molecule has 1 aromatic carbocycles. The molecule has 9 heteroatoms. The van der Waals surface area contributed by atoms with E-state index in [4.69, 9.17) is 23.2 Å². The van der Waals surface area contributed by atoms with Crippen LogP contribution in [0.25, 0.3) is 6.08 Å². The van der Waals surface area contributed by atoms with Crippen molar-refractivity contribution in [1.82, 2.24) is 14.7 Å². The third kappa shape index (κ3) is 7.18. The van der Waals surface area contributed by atoms with E-state index in [1.54, 1.807) is 34.1 Å². The lowest BCUT2D eigenvalue weighted by Gasteiger charge is -2.36. The van der Waals surface area contributed by atoms with Gasteiger partial charge in [-0.05, 0) is 36.1 Å². The van der Waals surface area contributed by atoms with Gasteiger partial charge in [0.15, 0.2) is 0 Å². The molecule has 2 amide bonds. The van der Waals surface area contributed by atoms with Gasteiger partial charge in [-0.1, -0.05) is 36.2 Å². The molecule has 2 aliphatic rings. The van der Waals surface area contributed by atoms with Crippen molar-refractivity contribution >= 4 is 41.1 Å². The van der Waals surface area contributed by atoms with Crippen LogP contribution in [0.4, 0.5) is 0 Å². The summed E-state index contributed by atoms with van der Waals surface area (Å²) in [7, 11) is 0. The number of amides is 2. The van der Waals surface area contributed by atoms with Crippen molar-refractivity contribution in [1.29, 1.82) is 0 Å². The number of rotatable bonds is 6. The van der Waals surface area contributed by atoms with Crippen molar-refractivity contribution < 1.29 is 19.8 Å². The number of aliphatic hydroxyl groups excluding tert-OH is 2. The highest BCUT2D eigenvalue weighted by atomic mass is 35.5. The molecule has 0 radical (unpaired) electrons. The summed E-state index contributed by atoms with van der Waals surface area (Å²) in [6.07, 6.45) is 3.07. The first-order valence-electron chi connectivity index (χ1n) is 11.0. The Hall–Kier alpha value is -1.64. The number of hydrogen-bond donors (Lipinski definition) is 2. The predicted octanol–water partition coefficient (Wildman–Crippen LogP) is 2.13. The van der Waals surface area contributed by atoms with E-state index in [0.717, 1.165) is 18.5 Å². The van der Waals surface area contributed by atoms with Gasteiger partial charge in [0.2, 0.25) is 11.8 Å². The van der Waals surface area contributed by atoms with Gasteiger partial charge in [0.25, 0.3) is 0 Å². The standard InChI is InChI=1S/C23H31Cl2N3O4/c1-16-10-18(29)13-26(12-16)14-19(30)15-28-9-8-27(7-6-23(28)32)22(31)5-3-17-2-4-20(24)21(25)11-17/h2-5,11,16,18-19,29-30H,6-10,12-15H2,1H3/t16-,18+,19-/m0/s1. The average Bonchev–Trinajstić information content (AvgIpc) is 2.89. The Kier molecular flexibility index (Phi) is 8.96. The first-order chi connectivity index (χ1) is 15.2. The summed E-state index contributed by atoms with van der Waals surface area (Å²) >= 11 is 11.9. The quantitative estimate of drug-likeness (QED) is 0.605. The number of nitrogens with zero attached hydrogens (tertiary/aromatic N) is 3. The monoisotopic (exact) mass is 483 g/mol. The molecule has 3 atom stereocenters. The SMILES string of the molecule is C[C@H]1C[C@@H](O)CN(C[C@H](O)CN2CCN(C(=O)C=Cc3ccc(Cl)c(Cl)c3)CCC2=O)C1. The molecule has 2 saturated heterocycles. The summed E-state index contributed by atoms with van der Waals surface area (Å²) in [5.74, 6) is 0.129. The molecule has 2 aliphatic heterocycles. The smallest absolute Gasteiger partial charge is 0.246 e. The Morgan fingerprint density at radius 3 is 2.69 bits per heavy atom. The van der Waals surface area contributed by atoms with Crippen LogP contribution in [0.1, 0.15) is 25.3 Å². The molecule has 32 heavy (non-hydrogen) atoms. The molecule has 0 spiro atoms. The second-order valence-electron chi connectivity index (χ2n) is 8.79. The van der Waals surface area contributed by atoms with Crippen LogP contribution in [0.2, 0.25) is 10.0 Å². The summed E-state index contributed by atoms with van der Waals surface area (Å²) in [4.78, 5) is 30.5. The molecular formula is C23H31Cl2N3O4. The van der Waals surface area contributed by atoms with Gasteiger partial charge in [0.05, 0.1) is 22.3 Å². The molecule has 2 heterocycles. The number of halogens is 2. The fraction of sp³-hybridized carbons (Fsp3) is 0.565. The highest BCUT2D eigenvalue weighted by Crippen LogP contribution is 2.23. The van der Waals surface area contributed by atoms with Crippen LogP contribution < -0.4 is 0 Å². The lowest BCUT2D eigenvalue weighted by Crippen LogP contribution is -2.48. The van der Waals surface area contributed by atoms with E-state index in [1.165, 1.54) is 6.08 Å². The second kappa shape index (κ2) is 11.5. The summed E-state index contributed by atoms with van der Waals surface area (Å²) < 4.78 is 0. The average molecular weight is 484 g/mol. The topological polar surface area (TPSA) is 84.3 Å². The molecule has 0 unspecified atom stereocenters. The third-order valence-electron chi connectivity index (χ3n) is 5.88. The van der Waals surface area contributed by atoms with Crippen LogP contribution in [-0.4, -0.2) is 94.7 Å². The molecule has 7 nitrogen and oxygen atoms in total. The van der Waals surface area contributed by atoms with Crippen molar-refractivity contribution in [2.75, 3.05) is 45.8 Å². The molecule has 0 saturated carbocycles. The first-order valence-corrected chi connectivity index (χ1v) is 11.7. The Morgan fingerprint density at radius 1 is 1.19 bits per heavy atom. The van der Waals surface area contributed by atoms with E-state index in [1.807, 2.05) is 0 Å². The Bertz CT molecular complexity index is 841. The lowest BCUT2D eigenvalue weighted by atomic mass is 9.98. The predicted molar refractivity (Wildman–Crippen MR) is 126 cm³/mol. The van der Waals surface area contributed by atoms with Gasteiger partial charge in [-0.15, -0.1) is 0 Å². The van der Waals surface area contributed by atoms with Gasteiger partial charge in [-0.25, -0.2) is 0 Å². The minimum Gasteiger partial charge on any atom is -0.392 e. The maximum absolute atomic E-state index is 12.6. The zero-order valence-electron chi connectivity index (χ0n) is 18.3. The van der Waals surface area contributed by atoms with E-state index in [2.05, 4.69) is 11.8 Å². The molecule has 0 aromatic heterocycles. The number of piperidine rings is 1. The minimum atomic E-state index is -0.701. The number of aliphatic hydroxyl groups is 2. The van der Waals surface area contributed by atoms with Gasteiger partial charge in [0, 0.05) is 58.3 Å². The van der Waals surface area contributed by atoms with Gasteiger partial charge >= 0.3 is 0 Å². The van der Waals surface area contributed by atoms with E-state index < -0.39 is 6.10 Å². The molecule has 2 N–H and O–H groups in total. The zero-order chi connectivity index (χ0) is 23.3. The van der Waals surface area contributed by atoms with E-state index in [9.17, 15) is 19.8 Å². The number of carbonyl (C=O) groups is 2. The largest absolute Gasteiger partial charge is 0.392 e. The molecule has 2 fully saturated rings. The highest BCUT2D eigenvalue weighted by molar-refractivity contribution is 6.42. The van der Waals surface area contributed by atoms with Gasteiger partial charge < -0.3 is 20.0 Å². The number of hydrogen-bond acceptors (Lipinski definition) is 5. The van der Waals surface area contributed by atoms with E-state index in [-0.39, 0.29) is 30.9 Å². The van der Waals surface area contributed by atoms with Crippen molar-refractivity contribution in [2.24, 2.45) is 5.92 Å². The Morgan fingerprint density at radius 2 is 1.97 bits per heavy atom. The maximum atomic E-state index is 12.6. The number of β-amino-alcohol motifs (C(OH)–C–C–N with tert-alkyl or cyclic N) is 2. The van der Waals surface area contributed by atoms with Crippen LogP contribution in [0.15, 0.2) is 24.3 Å². The molecule has 1 aromatic rings. The number of benzene rings is 1. The molecule has 0 aliphatic carbocycles. The normalized spacial score (nSPS) is 24.1. The van der Waals surface area contributed by atoms with E-state index >= 15 is 0 Å². The van der Waals surface area contributed by atoms with Crippen LogP contribution in [0.3, 0.4) is 0 Å². The molecule has 3 rings (SSSR count). The van der Waals surface area contributed by atoms with E-state index in [0.29, 0.717) is 48.7 Å². The van der Waals surface area contributed by atoms with Crippen LogP contribution in [-0.2, 0) is 9.59 Å². The van der Waals surface area contributed by atoms with Crippen molar-refractivity contribution in [3.8, 4) is 0 Å². The third-order valence-corrected chi connectivity index (χ3v) is 6.61. The van der Waals surface area contributed by atoms with Crippen molar-refractivity contribution in [2.45, 2.75) is 32.0 Å². The molecular weight excluding hydrogens is 453 g/mol. The van der Waals surface area contributed by atoms with Crippen molar-refractivity contribution in [3.05, 3.63) is 39.9 Å². The zero-order valence-corrected chi connectivity index (χ0v) is 19.8. The maximum Gasteiger partial charge on any atom is 0.246 e. The second-order valence-corrected chi connectivity index (χ2v) is 9.60. The fourth-order valence-electron chi connectivity index (χ4n) is 4.36. The summed E-state index contributed by atoms with van der Waals surface area (Å²) in [5.41, 5.74) is 0.764. The highest BCUT2D eigenvalue weighted by Gasteiger charge is 2.28. The van der Waals surface area contributed by atoms with Crippen LogP contribution in [0, 0.1) is 5.92 Å². The Labute approximate surface area is 199 Å². The molecule has 176 valence electrons. The summed E-state index contributed by atoms with van der Waals surface area (Å²) in [6, 6.07) is 5.13. The Balaban J connectivity index is 1.51. The summed E-state index contributed by atoms with van der Waals surface area (Å²) in [6.45, 7) is 5.22. The lowest BCUT2D eigenvalue weighted by molar-refractivity contribution is -0.132. The van der Waals surface area contributed by atoms with Gasteiger partial charge in [0.1, 0.15) is 0 Å². The number of carbonyl (C=O) groups excluding carboxylic acids is 2. The van der Waals surface area contributed by atoms with Crippen molar-refractivity contribution in [3.63, 3.8) is 0 Å². The van der Waals surface area contributed by atoms with Crippen LogP contribution in [0.5, 0.6) is 0 Å². The first kappa shape index (κ1) is 25.0. The minimum absolute atomic E-state index is 0.0696. The summed E-state index contributed by atoms with van der Waals surface area (Å²) in [5, 5.41) is 21.4. The van der Waals surface area contributed by atoms with Gasteiger partial charge in [-0.3, -0.25) is 14.5 Å². The number of likely N-dealkylation sites (tertiary alicyclic amines) is 1. The van der Waals surface area contributed by atoms with Gasteiger partial charge in [-0.2, -0.15) is 0 Å². The molecule has 0 bridgehead atoms. The van der Waals surface area contributed by atoms with Crippen LogP contribution >= 0.6 is 23.2 Å².